The van der Waals surface area contributed by atoms with E-state index in [9.17, 15) is 9.59 Å². The summed E-state index contributed by atoms with van der Waals surface area (Å²) in [6.45, 7) is 10.3. The zero-order chi connectivity index (χ0) is 13.7. The summed E-state index contributed by atoms with van der Waals surface area (Å²) >= 11 is 0. The van der Waals surface area contributed by atoms with Crippen LogP contribution in [0.4, 0.5) is 0 Å². The van der Waals surface area contributed by atoms with Gasteiger partial charge in [-0.1, -0.05) is 13.8 Å². The fourth-order valence-electron chi connectivity index (χ4n) is 1.67. The van der Waals surface area contributed by atoms with Crippen LogP contribution in [0.2, 0.25) is 18.1 Å². The van der Waals surface area contributed by atoms with Crippen molar-refractivity contribution in [3.05, 3.63) is 0 Å². The van der Waals surface area contributed by atoms with Crippen molar-refractivity contribution in [2.24, 2.45) is 5.92 Å². The second kappa shape index (κ2) is 6.52. The highest BCUT2D eigenvalue weighted by molar-refractivity contribution is 6.72. The maximum atomic E-state index is 11.8. The summed E-state index contributed by atoms with van der Waals surface area (Å²) in [6.07, 6.45) is 1.08. The van der Waals surface area contributed by atoms with Crippen molar-refractivity contribution >= 4 is 14.2 Å². The first-order valence-corrected chi connectivity index (χ1v) is 9.21. The summed E-state index contributed by atoms with van der Waals surface area (Å²) in [5.74, 6) is -0.234. The lowest BCUT2D eigenvalue weighted by atomic mass is 9.92. The van der Waals surface area contributed by atoms with Gasteiger partial charge in [0.25, 0.3) is 0 Å². The van der Waals surface area contributed by atoms with Crippen molar-refractivity contribution in [2.45, 2.75) is 51.7 Å². The van der Waals surface area contributed by atoms with Crippen LogP contribution in [-0.2, 0) is 4.79 Å². The average Bonchev–Trinajstić information content (AvgIpc) is 2.15. The molecule has 0 aliphatic heterocycles. The molecule has 4 nitrogen and oxygen atoms in total. The number of rotatable bonds is 7. The first-order valence-electron chi connectivity index (χ1n) is 6.26. The lowest BCUT2D eigenvalue weighted by Crippen LogP contribution is -2.42. The van der Waals surface area contributed by atoms with Crippen molar-refractivity contribution in [2.75, 3.05) is 13.2 Å². The Labute approximate surface area is 106 Å². The molecule has 5 heteroatoms. The zero-order valence-corrected chi connectivity index (χ0v) is 12.7. The van der Waals surface area contributed by atoms with Crippen molar-refractivity contribution in [3.8, 4) is 0 Å². The smallest absolute Gasteiger partial charge is 0.223 e. The van der Waals surface area contributed by atoms with Crippen LogP contribution in [-0.4, -0.2) is 37.3 Å². The molecule has 0 aliphatic carbocycles. The van der Waals surface area contributed by atoms with Crippen molar-refractivity contribution in [1.82, 2.24) is 5.32 Å². The lowest BCUT2D eigenvalue weighted by Gasteiger charge is -2.37. The largest absolute Gasteiger partial charge is 0.432 e. The quantitative estimate of drug-likeness (QED) is 0.608. The van der Waals surface area contributed by atoms with Crippen molar-refractivity contribution in [1.29, 1.82) is 0 Å². The number of hydrogen-bond donors (Lipinski definition) is 3. The Hall–Kier alpha value is -0.393. The molecule has 0 bridgehead atoms. The van der Waals surface area contributed by atoms with Gasteiger partial charge in [0, 0.05) is 19.1 Å². The molecule has 3 N–H and O–H groups in total. The van der Waals surface area contributed by atoms with E-state index in [-0.39, 0.29) is 23.5 Å². The van der Waals surface area contributed by atoms with Crippen molar-refractivity contribution < 1.29 is 14.7 Å². The first-order chi connectivity index (χ1) is 7.65. The molecule has 0 aromatic carbocycles. The second-order valence-electron chi connectivity index (χ2n) is 5.75. The van der Waals surface area contributed by atoms with Crippen LogP contribution in [0.3, 0.4) is 0 Å². The molecule has 0 heterocycles. The van der Waals surface area contributed by atoms with E-state index in [0.717, 1.165) is 0 Å². The molecule has 1 amide bonds. The third-order valence-corrected chi connectivity index (χ3v) is 7.13. The van der Waals surface area contributed by atoms with E-state index in [4.69, 9.17) is 5.11 Å². The summed E-state index contributed by atoms with van der Waals surface area (Å²) in [6, 6.07) is 0. The molecule has 0 radical (unpaired) electrons. The molecule has 17 heavy (non-hydrogen) atoms. The molecule has 0 aliphatic rings. The van der Waals surface area contributed by atoms with E-state index in [1.165, 1.54) is 0 Å². The molecule has 0 aromatic rings. The predicted molar refractivity (Wildman–Crippen MR) is 72.2 cm³/mol. The van der Waals surface area contributed by atoms with Gasteiger partial charge in [-0.05, 0) is 37.9 Å². The number of amides is 1. The summed E-state index contributed by atoms with van der Waals surface area (Å²) < 4.78 is 0. The van der Waals surface area contributed by atoms with E-state index in [2.05, 4.69) is 5.32 Å². The van der Waals surface area contributed by atoms with Gasteiger partial charge in [0.1, 0.15) is 0 Å². The van der Waals surface area contributed by atoms with Crippen LogP contribution in [0.5, 0.6) is 0 Å². The van der Waals surface area contributed by atoms with Crippen LogP contribution in [0.15, 0.2) is 0 Å². The van der Waals surface area contributed by atoms with Gasteiger partial charge < -0.3 is 15.2 Å². The molecule has 0 fully saturated rings. The van der Waals surface area contributed by atoms with Gasteiger partial charge in [-0.3, -0.25) is 4.79 Å². The van der Waals surface area contributed by atoms with E-state index < -0.39 is 8.32 Å². The predicted octanol–water partition coefficient (Wildman–Crippen LogP) is 1.49. The van der Waals surface area contributed by atoms with Crippen molar-refractivity contribution in [3.63, 3.8) is 0 Å². The topological polar surface area (TPSA) is 69.6 Å². The van der Waals surface area contributed by atoms with Crippen LogP contribution < -0.4 is 5.32 Å². The number of nitrogens with one attached hydrogen (secondary N) is 1. The van der Waals surface area contributed by atoms with E-state index in [1.54, 1.807) is 0 Å². The standard InChI is InChI=1S/C12H27NO3Si/c1-6-13-11(15)10(7-8-14)9-12(2,3)17(4,5)16/h10,14,16H,6-9H2,1-5H3,(H,13,15). The first kappa shape index (κ1) is 16.6. The summed E-state index contributed by atoms with van der Waals surface area (Å²) in [4.78, 5) is 22.1. The fourth-order valence-corrected chi connectivity index (χ4v) is 2.41. The van der Waals surface area contributed by atoms with Crippen LogP contribution in [0.1, 0.15) is 33.6 Å². The summed E-state index contributed by atoms with van der Waals surface area (Å²) in [5, 5.41) is 11.6. The molecule has 0 rings (SSSR count). The monoisotopic (exact) mass is 261 g/mol. The molecule has 0 saturated heterocycles. The number of carbonyl (C=O) groups excluding carboxylic acids is 1. The maximum absolute atomic E-state index is 11.8. The molecule has 0 saturated carbocycles. The molecule has 1 atom stereocenters. The Morgan fingerprint density at radius 3 is 2.29 bits per heavy atom. The Morgan fingerprint density at radius 2 is 1.94 bits per heavy atom. The average molecular weight is 261 g/mol. The highest BCUT2D eigenvalue weighted by Crippen LogP contribution is 2.42. The maximum Gasteiger partial charge on any atom is 0.223 e. The summed E-state index contributed by atoms with van der Waals surface area (Å²) in [7, 11) is -2.31. The van der Waals surface area contributed by atoms with Gasteiger partial charge >= 0.3 is 0 Å². The van der Waals surface area contributed by atoms with E-state index >= 15 is 0 Å². The third-order valence-electron chi connectivity index (χ3n) is 3.61. The molecule has 0 spiro atoms. The number of hydrogen-bond acceptors (Lipinski definition) is 3. The van der Waals surface area contributed by atoms with Crippen LogP contribution >= 0.6 is 0 Å². The Bertz CT molecular complexity index is 249. The van der Waals surface area contributed by atoms with Crippen LogP contribution in [0.25, 0.3) is 0 Å². The SMILES string of the molecule is CCNC(=O)C(CCO)CC(C)(C)[Si](C)(C)O. The summed E-state index contributed by atoms with van der Waals surface area (Å²) in [5.41, 5.74) is 0. The zero-order valence-electron chi connectivity index (χ0n) is 11.7. The van der Waals surface area contributed by atoms with Gasteiger partial charge in [0.2, 0.25) is 5.91 Å². The normalized spacial score (nSPS) is 14.5. The molecule has 1 unspecified atom stereocenters. The number of aliphatic hydroxyl groups excluding tert-OH is 1. The number of aliphatic hydroxyl groups is 1. The van der Waals surface area contributed by atoms with Gasteiger partial charge in [-0.15, -0.1) is 0 Å². The Kier molecular flexibility index (Phi) is 6.36. The second-order valence-corrected chi connectivity index (χ2v) is 10.2. The lowest BCUT2D eigenvalue weighted by molar-refractivity contribution is -0.125. The van der Waals surface area contributed by atoms with Gasteiger partial charge in [0.15, 0.2) is 8.32 Å². The molecule has 0 aromatic heterocycles. The molecular weight excluding hydrogens is 234 g/mol. The van der Waals surface area contributed by atoms with E-state index in [1.807, 2.05) is 33.9 Å². The minimum absolute atomic E-state index is 0.00525. The van der Waals surface area contributed by atoms with Gasteiger partial charge in [0.05, 0.1) is 0 Å². The van der Waals surface area contributed by atoms with Gasteiger partial charge in [-0.2, -0.15) is 0 Å². The Balaban J connectivity index is 4.70. The fraction of sp³-hybridized carbons (Fsp3) is 0.917. The van der Waals surface area contributed by atoms with Gasteiger partial charge in [-0.25, -0.2) is 0 Å². The minimum atomic E-state index is -2.31. The highest BCUT2D eigenvalue weighted by atomic mass is 28.4. The molecule has 102 valence electrons. The number of carbonyl (C=O) groups is 1. The Morgan fingerprint density at radius 1 is 1.41 bits per heavy atom. The third kappa shape index (κ3) is 5.19. The van der Waals surface area contributed by atoms with Crippen LogP contribution in [0, 0.1) is 5.92 Å². The van der Waals surface area contributed by atoms with E-state index in [0.29, 0.717) is 19.4 Å². The molecular formula is C12H27NO3Si. The highest BCUT2D eigenvalue weighted by Gasteiger charge is 2.40. The minimum Gasteiger partial charge on any atom is -0.432 e.